The third-order valence-corrected chi connectivity index (χ3v) is 6.97. The van der Waals surface area contributed by atoms with Crippen LogP contribution in [0.3, 0.4) is 0 Å². The summed E-state index contributed by atoms with van der Waals surface area (Å²) in [5.74, 6) is 2.13. The molecule has 154 valence electrons. The molecule has 2 heteroatoms. The SMILES string of the molecule is Fc1ccc(Cc2cccc(C3CCN(C[C@@H]4C[C@H]4c4ccccc4)CC3)c2)cc1. The molecular formula is C28H30FN. The van der Waals surface area contributed by atoms with Crippen molar-refractivity contribution in [2.75, 3.05) is 19.6 Å². The van der Waals surface area contributed by atoms with Crippen LogP contribution in [0, 0.1) is 11.7 Å². The molecule has 1 saturated carbocycles. The zero-order valence-corrected chi connectivity index (χ0v) is 17.5. The first kappa shape index (κ1) is 19.5. The maximum Gasteiger partial charge on any atom is 0.123 e. The fourth-order valence-electron chi connectivity index (χ4n) is 5.13. The van der Waals surface area contributed by atoms with Crippen LogP contribution < -0.4 is 0 Å². The first-order valence-electron chi connectivity index (χ1n) is 11.4. The molecule has 30 heavy (non-hydrogen) atoms. The van der Waals surface area contributed by atoms with E-state index in [9.17, 15) is 4.39 Å². The highest BCUT2D eigenvalue weighted by Gasteiger charge is 2.39. The molecule has 1 aliphatic heterocycles. The van der Waals surface area contributed by atoms with E-state index in [1.807, 2.05) is 12.1 Å². The Morgan fingerprint density at radius 2 is 1.50 bits per heavy atom. The second-order valence-electron chi connectivity index (χ2n) is 9.14. The van der Waals surface area contributed by atoms with Crippen LogP contribution >= 0.6 is 0 Å². The Balaban J connectivity index is 1.14. The highest BCUT2D eigenvalue weighted by atomic mass is 19.1. The summed E-state index contributed by atoms with van der Waals surface area (Å²) in [6.45, 7) is 3.69. The highest BCUT2D eigenvalue weighted by Crippen LogP contribution is 2.48. The molecule has 2 fully saturated rings. The third-order valence-electron chi connectivity index (χ3n) is 6.97. The molecule has 1 heterocycles. The van der Waals surface area contributed by atoms with Gasteiger partial charge >= 0.3 is 0 Å². The summed E-state index contributed by atoms with van der Waals surface area (Å²) in [5, 5.41) is 0. The molecule has 1 aliphatic carbocycles. The number of benzene rings is 3. The van der Waals surface area contributed by atoms with E-state index in [1.54, 1.807) is 12.1 Å². The molecular weight excluding hydrogens is 369 g/mol. The van der Waals surface area contributed by atoms with Crippen LogP contribution in [0.25, 0.3) is 0 Å². The lowest BCUT2D eigenvalue weighted by molar-refractivity contribution is 0.203. The number of nitrogens with zero attached hydrogens (tertiary/aromatic N) is 1. The molecule has 5 rings (SSSR count). The number of likely N-dealkylation sites (tertiary alicyclic amines) is 1. The topological polar surface area (TPSA) is 3.24 Å². The van der Waals surface area contributed by atoms with Crippen LogP contribution in [0.5, 0.6) is 0 Å². The molecule has 3 aromatic carbocycles. The Bertz CT molecular complexity index is 957. The summed E-state index contributed by atoms with van der Waals surface area (Å²) in [4.78, 5) is 2.69. The predicted octanol–water partition coefficient (Wildman–Crippen LogP) is 6.40. The summed E-state index contributed by atoms with van der Waals surface area (Å²) in [6.07, 6.45) is 4.73. The lowest BCUT2D eigenvalue weighted by Crippen LogP contribution is -2.34. The Morgan fingerprint density at radius 3 is 2.27 bits per heavy atom. The Hall–Kier alpha value is -2.45. The number of halogens is 1. The monoisotopic (exact) mass is 399 g/mol. The molecule has 1 nitrogen and oxygen atoms in total. The number of rotatable bonds is 6. The fourth-order valence-corrected chi connectivity index (χ4v) is 5.13. The van der Waals surface area contributed by atoms with Crippen LogP contribution in [0.2, 0.25) is 0 Å². The van der Waals surface area contributed by atoms with E-state index in [2.05, 4.69) is 59.5 Å². The first-order valence-corrected chi connectivity index (χ1v) is 11.4. The second kappa shape index (κ2) is 8.73. The van der Waals surface area contributed by atoms with E-state index in [0.29, 0.717) is 5.92 Å². The zero-order valence-electron chi connectivity index (χ0n) is 17.5. The predicted molar refractivity (Wildman–Crippen MR) is 121 cm³/mol. The summed E-state index contributed by atoms with van der Waals surface area (Å²) in [6, 6.07) is 27.0. The van der Waals surface area contributed by atoms with Gasteiger partial charge in [-0.2, -0.15) is 0 Å². The quantitative estimate of drug-likeness (QED) is 0.464. The standard InChI is InChI=1S/C28H30FN/c29-27-11-9-21(10-12-27)17-22-5-4-8-25(18-22)23-13-15-30(16-14-23)20-26-19-28(26)24-6-2-1-3-7-24/h1-12,18,23,26,28H,13-17,19-20H2/t26-,28-/m0/s1. The van der Waals surface area contributed by atoms with E-state index in [1.165, 1.54) is 61.2 Å². The molecule has 0 aromatic heterocycles. The zero-order chi connectivity index (χ0) is 20.3. The lowest BCUT2D eigenvalue weighted by Gasteiger charge is -2.32. The lowest BCUT2D eigenvalue weighted by atomic mass is 9.88. The maximum atomic E-state index is 13.2. The fraction of sp³-hybridized carbons (Fsp3) is 0.357. The molecule has 1 saturated heterocycles. The molecule has 0 radical (unpaired) electrons. The van der Waals surface area contributed by atoms with Gasteiger partial charge in [-0.3, -0.25) is 0 Å². The van der Waals surface area contributed by atoms with Gasteiger partial charge in [0.05, 0.1) is 0 Å². The van der Waals surface area contributed by atoms with Gasteiger partial charge in [0.15, 0.2) is 0 Å². The van der Waals surface area contributed by atoms with Crippen LogP contribution in [0.4, 0.5) is 4.39 Å². The van der Waals surface area contributed by atoms with E-state index >= 15 is 0 Å². The summed E-state index contributed by atoms with van der Waals surface area (Å²) >= 11 is 0. The summed E-state index contributed by atoms with van der Waals surface area (Å²) in [5.41, 5.74) is 5.49. The maximum absolute atomic E-state index is 13.2. The first-order chi connectivity index (χ1) is 14.7. The van der Waals surface area contributed by atoms with Crippen molar-refractivity contribution in [3.05, 3.63) is 107 Å². The van der Waals surface area contributed by atoms with Gasteiger partial charge in [0.2, 0.25) is 0 Å². The van der Waals surface area contributed by atoms with Gasteiger partial charge in [-0.15, -0.1) is 0 Å². The van der Waals surface area contributed by atoms with Crippen LogP contribution in [-0.4, -0.2) is 24.5 Å². The highest BCUT2D eigenvalue weighted by molar-refractivity contribution is 5.32. The van der Waals surface area contributed by atoms with Crippen molar-refractivity contribution in [2.45, 2.75) is 37.5 Å². The van der Waals surface area contributed by atoms with E-state index in [-0.39, 0.29) is 5.82 Å². The van der Waals surface area contributed by atoms with Gasteiger partial charge in [-0.25, -0.2) is 4.39 Å². The minimum Gasteiger partial charge on any atom is -0.303 e. The van der Waals surface area contributed by atoms with Crippen molar-refractivity contribution in [3.8, 4) is 0 Å². The number of hydrogen-bond donors (Lipinski definition) is 0. The second-order valence-corrected chi connectivity index (χ2v) is 9.14. The van der Waals surface area contributed by atoms with Crippen molar-refractivity contribution in [3.63, 3.8) is 0 Å². The van der Waals surface area contributed by atoms with Crippen molar-refractivity contribution >= 4 is 0 Å². The molecule has 0 bridgehead atoms. The third kappa shape index (κ3) is 4.65. The van der Waals surface area contributed by atoms with Gasteiger partial charge < -0.3 is 4.90 Å². The Morgan fingerprint density at radius 1 is 0.767 bits per heavy atom. The molecule has 0 spiro atoms. The van der Waals surface area contributed by atoms with Crippen molar-refractivity contribution in [1.29, 1.82) is 0 Å². The number of hydrogen-bond acceptors (Lipinski definition) is 1. The van der Waals surface area contributed by atoms with Crippen molar-refractivity contribution < 1.29 is 4.39 Å². The van der Waals surface area contributed by atoms with Crippen molar-refractivity contribution in [1.82, 2.24) is 4.90 Å². The van der Waals surface area contributed by atoms with Crippen molar-refractivity contribution in [2.24, 2.45) is 5.92 Å². The number of piperidine rings is 1. The van der Waals surface area contributed by atoms with Gasteiger partial charge in [-0.05, 0) is 90.9 Å². The molecule has 0 unspecified atom stereocenters. The van der Waals surface area contributed by atoms with E-state index < -0.39 is 0 Å². The molecule has 3 aromatic rings. The van der Waals surface area contributed by atoms with E-state index in [0.717, 1.165) is 18.3 Å². The van der Waals surface area contributed by atoms with Gasteiger partial charge in [-0.1, -0.05) is 66.7 Å². The largest absolute Gasteiger partial charge is 0.303 e. The van der Waals surface area contributed by atoms with Gasteiger partial charge in [0, 0.05) is 6.54 Å². The summed E-state index contributed by atoms with van der Waals surface area (Å²) < 4.78 is 13.2. The minimum atomic E-state index is -0.166. The van der Waals surface area contributed by atoms with Gasteiger partial charge in [0.25, 0.3) is 0 Å². The molecule has 0 amide bonds. The average molecular weight is 400 g/mol. The normalized spacial score (nSPS) is 22.2. The Kier molecular flexibility index (Phi) is 5.68. The molecule has 2 atom stereocenters. The smallest absolute Gasteiger partial charge is 0.123 e. The van der Waals surface area contributed by atoms with Crippen LogP contribution in [0.1, 0.15) is 53.4 Å². The van der Waals surface area contributed by atoms with Gasteiger partial charge in [0.1, 0.15) is 5.82 Å². The Labute approximate surface area is 179 Å². The average Bonchev–Trinajstić information content (AvgIpc) is 3.56. The summed E-state index contributed by atoms with van der Waals surface area (Å²) in [7, 11) is 0. The van der Waals surface area contributed by atoms with Crippen LogP contribution in [-0.2, 0) is 6.42 Å². The molecule has 0 N–H and O–H groups in total. The minimum absolute atomic E-state index is 0.166. The van der Waals surface area contributed by atoms with E-state index in [4.69, 9.17) is 0 Å². The van der Waals surface area contributed by atoms with Crippen LogP contribution in [0.15, 0.2) is 78.9 Å². The molecule has 2 aliphatic rings.